The van der Waals surface area contributed by atoms with E-state index in [0.29, 0.717) is 13.0 Å². The van der Waals surface area contributed by atoms with Crippen molar-refractivity contribution >= 4 is 5.91 Å². The van der Waals surface area contributed by atoms with Crippen molar-refractivity contribution in [2.75, 3.05) is 13.6 Å². The first-order valence-corrected chi connectivity index (χ1v) is 3.52. The van der Waals surface area contributed by atoms with E-state index in [1.807, 2.05) is 0 Å². The fourth-order valence-electron chi connectivity index (χ4n) is 1.18. The van der Waals surface area contributed by atoms with E-state index >= 15 is 0 Å². The average Bonchev–Trinajstić information content (AvgIpc) is 2.19. The lowest BCUT2D eigenvalue weighted by molar-refractivity contribution is -0.137. The van der Waals surface area contributed by atoms with E-state index in [2.05, 4.69) is 11.8 Å². The summed E-state index contributed by atoms with van der Waals surface area (Å²) >= 11 is 0. The summed E-state index contributed by atoms with van der Waals surface area (Å²) in [5.41, 5.74) is -1.40. The van der Waals surface area contributed by atoms with E-state index in [0.717, 1.165) is 0 Å². The number of hydrogen-bond donors (Lipinski definition) is 1. The van der Waals surface area contributed by atoms with Crippen LogP contribution in [0.2, 0.25) is 0 Å². The lowest BCUT2D eigenvalue weighted by Gasteiger charge is -2.12. The van der Waals surface area contributed by atoms with Crippen molar-refractivity contribution in [3.8, 4) is 11.8 Å². The summed E-state index contributed by atoms with van der Waals surface area (Å²) in [6.45, 7) is 2.20. The number of rotatable bonds is 0. The standard InChI is InChI=1S/C8H11NO2/c1-3-4-8(11)5-6-9(2)7(8)10/h11H,5-6H2,1-2H3/t8-/m0/s1. The SMILES string of the molecule is CC#C[C@]1(O)CCN(C)C1=O. The fraction of sp³-hybridized carbons (Fsp3) is 0.625. The molecule has 3 heteroatoms. The van der Waals surface area contributed by atoms with Gasteiger partial charge in [0.2, 0.25) is 5.60 Å². The third-order valence-electron chi connectivity index (χ3n) is 1.84. The third kappa shape index (κ3) is 1.22. The first kappa shape index (κ1) is 8.09. The van der Waals surface area contributed by atoms with Gasteiger partial charge in [-0.15, -0.1) is 5.92 Å². The summed E-state index contributed by atoms with van der Waals surface area (Å²) in [6, 6.07) is 0. The van der Waals surface area contributed by atoms with E-state index in [-0.39, 0.29) is 5.91 Å². The second kappa shape index (κ2) is 2.55. The molecule has 0 aromatic carbocycles. The largest absolute Gasteiger partial charge is 0.369 e. The number of hydrogen-bond acceptors (Lipinski definition) is 2. The highest BCUT2D eigenvalue weighted by atomic mass is 16.3. The summed E-state index contributed by atoms with van der Waals surface area (Å²) in [4.78, 5) is 12.7. The molecule has 11 heavy (non-hydrogen) atoms. The number of amides is 1. The second-order valence-corrected chi connectivity index (χ2v) is 2.71. The molecule has 0 saturated carbocycles. The minimum absolute atomic E-state index is 0.285. The lowest BCUT2D eigenvalue weighted by atomic mass is 10.0. The molecule has 1 amide bonds. The molecule has 0 aliphatic carbocycles. The number of likely N-dealkylation sites (N-methyl/N-ethyl adjacent to an activating group) is 1. The van der Waals surface area contributed by atoms with Crippen LogP contribution < -0.4 is 0 Å². The highest BCUT2D eigenvalue weighted by molar-refractivity contribution is 5.90. The average molecular weight is 153 g/mol. The molecule has 0 aromatic rings. The Hall–Kier alpha value is -1.01. The van der Waals surface area contributed by atoms with Crippen molar-refractivity contribution in [1.29, 1.82) is 0 Å². The van der Waals surface area contributed by atoms with Crippen molar-refractivity contribution in [1.82, 2.24) is 4.90 Å². The van der Waals surface area contributed by atoms with Crippen LogP contribution in [0.3, 0.4) is 0 Å². The molecule has 1 saturated heterocycles. The fourth-order valence-corrected chi connectivity index (χ4v) is 1.18. The van der Waals surface area contributed by atoms with Crippen LogP contribution in [-0.2, 0) is 4.79 Å². The van der Waals surface area contributed by atoms with Gasteiger partial charge in [0.25, 0.3) is 5.91 Å². The third-order valence-corrected chi connectivity index (χ3v) is 1.84. The van der Waals surface area contributed by atoms with E-state index in [4.69, 9.17) is 0 Å². The van der Waals surface area contributed by atoms with Gasteiger partial charge in [-0.05, 0) is 6.92 Å². The maximum absolute atomic E-state index is 11.2. The van der Waals surface area contributed by atoms with Crippen molar-refractivity contribution in [2.45, 2.75) is 18.9 Å². The van der Waals surface area contributed by atoms with Crippen LogP contribution in [0.5, 0.6) is 0 Å². The summed E-state index contributed by atoms with van der Waals surface area (Å²) in [7, 11) is 1.66. The molecule has 0 radical (unpaired) electrons. The zero-order valence-corrected chi connectivity index (χ0v) is 6.72. The van der Waals surface area contributed by atoms with Crippen LogP contribution in [0.4, 0.5) is 0 Å². The maximum atomic E-state index is 11.2. The Morgan fingerprint density at radius 2 is 2.36 bits per heavy atom. The topological polar surface area (TPSA) is 40.5 Å². The molecular weight excluding hydrogens is 142 g/mol. The first-order chi connectivity index (χ1) is 5.10. The van der Waals surface area contributed by atoms with Crippen molar-refractivity contribution in [2.24, 2.45) is 0 Å². The van der Waals surface area contributed by atoms with Gasteiger partial charge in [-0.25, -0.2) is 0 Å². The molecule has 1 aliphatic heterocycles. The molecule has 0 spiro atoms. The Morgan fingerprint density at radius 3 is 2.73 bits per heavy atom. The predicted molar refractivity (Wildman–Crippen MR) is 40.7 cm³/mol. The van der Waals surface area contributed by atoms with Crippen molar-refractivity contribution < 1.29 is 9.90 Å². The molecule has 1 aliphatic rings. The van der Waals surface area contributed by atoms with Crippen molar-refractivity contribution in [3.05, 3.63) is 0 Å². The number of nitrogens with zero attached hydrogens (tertiary/aromatic N) is 1. The van der Waals surface area contributed by atoms with Gasteiger partial charge < -0.3 is 10.0 Å². The van der Waals surface area contributed by atoms with Gasteiger partial charge in [-0.2, -0.15) is 0 Å². The summed E-state index contributed by atoms with van der Waals surface area (Å²) in [6.07, 6.45) is 0.420. The zero-order valence-electron chi connectivity index (χ0n) is 6.72. The summed E-state index contributed by atoms with van der Waals surface area (Å²) in [5.74, 6) is 4.78. The van der Waals surface area contributed by atoms with Gasteiger partial charge in [0.1, 0.15) is 0 Å². The zero-order chi connectivity index (χ0) is 8.48. The number of carbonyl (C=O) groups excluding carboxylic acids is 1. The minimum Gasteiger partial charge on any atom is -0.369 e. The minimum atomic E-state index is -1.40. The molecule has 60 valence electrons. The predicted octanol–water partition coefficient (Wildman–Crippen LogP) is -0.397. The van der Waals surface area contributed by atoms with Gasteiger partial charge in [-0.1, -0.05) is 5.92 Å². The highest BCUT2D eigenvalue weighted by Crippen LogP contribution is 2.20. The van der Waals surface area contributed by atoms with Crippen LogP contribution >= 0.6 is 0 Å². The van der Waals surface area contributed by atoms with Crippen LogP contribution in [0, 0.1) is 11.8 Å². The lowest BCUT2D eigenvalue weighted by Crippen LogP contribution is -2.37. The van der Waals surface area contributed by atoms with Crippen LogP contribution in [0.15, 0.2) is 0 Å². The number of likely N-dealkylation sites (tertiary alicyclic amines) is 1. The molecule has 1 rings (SSSR count). The second-order valence-electron chi connectivity index (χ2n) is 2.71. The Kier molecular flexibility index (Phi) is 1.88. The van der Waals surface area contributed by atoms with Gasteiger partial charge in [0, 0.05) is 20.0 Å². The van der Waals surface area contributed by atoms with Crippen LogP contribution in [0.1, 0.15) is 13.3 Å². The molecule has 1 atom stereocenters. The first-order valence-electron chi connectivity index (χ1n) is 3.52. The van der Waals surface area contributed by atoms with E-state index in [1.54, 1.807) is 14.0 Å². The molecule has 3 nitrogen and oxygen atoms in total. The molecule has 0 bridgehead atoms. The Morgan fingerprint density at radius 1 is 1.73 bits per heavy atom. The molecular formula is C8H11NO2. The Bertz CT molecular complexity index is 238. The molecule has 0 aromatic heterocycles. The van der Waals surface area contributed by atoms with Crippen molar-refractivity contribution in [3.63, 3.8) is 0 Å². The maximum Gasteiger partial charge on any atom is 0.267 e. The highest BCUT2D eigenvalue weighted by Gasteiger charge is 2.42. The summed E-state index contributed by atoms with van der Waals surface area (Å²) in [5, 5.41) is 9.57. The van der Waals surface area contributed by atoms with Crippen LogP contribution in [0.25, 0.3) is 0 Å². The molecule has 0 unspecified atom stereocenters. The van der Waals surface area contributed by atoms with Gasteiger partial charge in [-0.3, -0.25) is 4.79 Å². The molecule has 1 fully saturated rings. The molecule has 1 heterocycles. The smallest absolute Gasteiger partial charge is 0.267 e. The monoisotopic (exact) mass is 153 g/mol. The Labute approximate surface area is 66.0 Å². The summed E-state index contributed by atoms with van der Waals surface area (Å²) < 4.78 is 0. The Balaban J connectivity index is 2.87. The normalized spacial score (nSPS) is 30.1. The molecule has 1 N–H and O–H groups in total. The number of aliphatic hydroxyl groups is 1. The van der Waals surface area contributed by atoms with E-state index < -0.39 is 5.60 Å². The van der Waals surface area contributed by atoms with Crippen LogP contribution in [-0.4, -0.2) is 35.1 Å². The van der Waals surface area contributed by atoms with E-state index in [9.17, 15) is 9.90 Å². The van der Waals surface area contributed by atoms with Gasteiger partial charge in [0.05, 0.1) is 0 Å². The number of carbonyl (C=O) groups is 1. The van der Waals surface area contributed by atoms with Gasteiger partial charge in [0.15, 0.2) is 0 Å². The quantitative estimate of drug-likeness (QED) is 0.481. The van der Waals surface area contributed by atoms with E-state index in [1.165, 1.54) is 4.90 Å². The van der Waals surface area contributed by atoms with Gasteiger partial charge >= 0.3 is 0 Å².